The van der Waals surface area contributed by atoms with Gasteiger partial charge >= 0.3 is 0 Å². The molecule has 1 aliphatic rings. The predicted molar refractivity (Wildman–Crippen MR) is 85.1 cm³/mol. The third kappa shape index (κ3) is 3.49. The van der Waals surface area contributed by atoms with Crippen molar-refractivity contribution in [2.45, 2.75) is 52.0 Å². The molecular weight excluding hydrogens is 266 g/mol. The molecule has 1 amide bonds. The number of aryl methyl sites for hydroxylation is 2. The Kier molecular flexibility index (Phi) is 5.09. The molecule has 0 aliphatic carbocycles. The Morgan fingerprint density at radius 3 is 2.67 bits per heavy atom. The molecule has 1 unspecified atom stereocenters. The number of carbonyl (C=O) groups is 1. The van der Waals surface area contributed by atoms with Crippen LogP contribution < -0.4 is 11.1 Å². The van der Waals surface area contributed by atoms with Crippen LogP contribution in [-0.4, -0.2) is 39.7 Å². The molecule has 118 valence electrons. The van der Waals surface area contributed by atoms with Gasteiger partial charge in [-0.1, -0.05) is 13.3 Å². The second kappa shape index (κ2) is 6.83. The van der Waals surface area contributed by atoms with Gasteiger partial charge in [0.05, 0.1) is 11.4 Å². The van der Waals surface area contributed by atoms with Crippen LogP contribution in [0.1, 0.15) is 45.2 Å². The molecule has 6 nitrogen and oxygen atoms in total. The third-order valence-corrected chi connectivity index (χ3v) is 4.04. The monoisotopic (exact) mass is 293 g/mol. The van der Waals surface area contributed by atoms with Crippen molar-refractivity contribution in [1.29, 1.82) is 0 Å². The molecule has 3 N–H and O–H groups in total. The fourth-order valence-corrected chi connectivity index (χ4v) is 2.84. The van der Waals surface area contributed by atoms with Crippen LogP contribution in [0.15, 0.2) is 0 Å². The second-order valence-corrected chi connectivity index (χ2v) is 5.83. The number of nitrogen functional groups attached to an aromatic ring is 1. The van der Waals surface area contributed by atoms with Crippen LogP contribution in [0, 0.1) is 0 Å². The van der Waals surface area contributed by atoms with Crippen LogP contribution in [0.4, 0.5) is 11.5 Å². The van der Waals surface area contributed by atoms with Gasteiger partial charge in [-0.2, -0.15) is 5.10 Å². The molecule has 0 spiro atoms. The summed E-state index contributed by atoms with van der Waals surface area (Å²) < 4.78 is 1.74. The Bertz CT molecular complexity index is 490. The number of aromatic nitrogens is 2. The summed E-state index contributed by atoms with van der Waals surface area (Å²) >= 11 is 0. The Labute approximate surface area is 126 Å². The lowest BCUT2D eigenvalue weighted by molar-refractivity contribution is -0.132. The summed E-state index contributed by atoms with van der Waals surface area (Å²) in [6.07, 6.45) is 5.29. The topological polar surface area (TPSA) is 76.2 Å². The molecular formula is C15H27N5O. The fraction of sp³-hybridized carbons (Fsp3) is 0.733. The van der Waals surface area contributed by atoms with E-state index in [2.05, 4.69) is 17.3 Å². The van der Waals surface area contributed by atoms with Gasteiger partial charge < -0.3 is 16.0 Å². The van der Waals surface area contributed by atoms with Crippen molar-refractivity contribution in [3.05, 3.63) is 5.69 Å². The van der Waals surface area contributed by atoms with Crippen LogP contribution >= 0.6 is 0 Å². The largest absolute Gasteiger partial charge is 0.394 e. The zero-order valence-corrected chi connectivity index (χ0v) is 13.4. The van der Waals surface area contributed by atoms with E-state index in [1.165, 1.54) is 6.42 Å². The van der Waals surface area contributed by atoms with E-state index in [0.29, 0.717) is 5.69 Å². The van der Waals surface area contributed by atoms with Gasteiger partial charge in [0.1, 0.15) is 11.9 Å². The van der Waals surface area contributed by atoms with E-state index in [0.717, 1.165) is 50.3 Å². The summed E-state index contributed by atoms with van der Waals surface area (Å²) in [6.45, 7) is 5.73. The van der Waals surface area contributed by atoms with Crippen LogP contribution in [0.2, 0.25) is 0 Å². The highest BCUT2D eigenvalue weighted by Crippen LogP contribution is 2.24. The van der Waals surface area contributed by atoms with Crippen molar-refractivity contribution in [3.63, 3.8) is 0 Å². The van der Waals surface area contributed by atoms with E-state index in [-0.39, 0.29) is 11.9 Å². The number of carbonyl (C=O) groups excluding carboxylic acids is 1. The van der Waals surface area contributed by atoms with E-state index in [9.17, 15) is 4.79 Å². The number of amides is 1. The van der Waals surface area contributed by atoms with E-state index >= 15 is 0 Å². The van der Waals surface area contributed by atoms with Crippen molar-refractivity contribution >= 4 is 17.4 Å². The predicted octanol–water partition coefficient (Wildman–Crippen LogP) is 1.77. The average Bonchev–Trinajstić information content (AvgIpc) is 2.75. The maximum Gasteiger partial charge on any atom is 0.244 e. The van der Waals surface area contributed by atoms with Gasteiger partial charge in [0.15, 0.2) is 0 Å². The summed E-state index contributed by atoms with van der Waals surface area (Å²) in [6, 6.07) is -0.282. The van der Waals surface area contributed by atoms with E-state index < -0.39 is 0 Å². The number of anilines is 2. The molecule has 6 heteroatoms. The first-order valence-corrected chi connectivity index (χ1v) is 7.91. The average molecular weight is 293 g/mol. The first kappa shape index (κ1) is 15.7. The summed E-state index contributed by atoms with van der Waals surface area (Å²) in [5.41, 5.74) is 7.71. The summed E-state index contributed by atoms with van der Waals surface area (Å²) in [4.78, 5) is 14.4. The minimum Gasteiger partial charge on any atom is -0.394 e. The Balaban J connectivity index is 2.04. The highest BCUT2D eigenvalue weighted by molar-refractivity contribution is 5.85. The van der Waals surface area contributed by atoms with E-state index in [1.54, 1.807) is 4.68 Å². The summed E-state index contributed by atoms with van der Waals surface area (Å²) in [7, 11) is 1.86. The number of hydrogen-bond acceptors (Lipinski definition) is 4. The number of nitrogens with one attached hydrogen (secondary N) is 1. The maximum absolute atomic E-state index is 12.5. The molecule has 1 fully saturated rings. The Morgan fingerprint density at radius 1 is 1.38 bits per heavy atom. The molecule has 1 aromatic heterocycles. The van der Waals surface area contributed by atoms with E-state index in [4.69, 9.17) is 5.73 Å². The van der Waals surface area contributed by atoms with Gasteiger partial charge in [0, 0.05) is 20.1 Å². The third-order valence-electron chi connectivity index (χ3n) is 4.04. The van der Waals surface area contributed by atoms with Gasteiger partial charge in [-0.25, -0.2) is 0 Å². The molecule has 0 aromatic carbocycles. The van der Waals surface area contributed by atoms with Gasteiger partial charge in [0.2, 0.25) is 5.91 Å². The molecule has 2 heterocycles. The molecule has 1 aliphatic heterocycles. The van der Waals surface area contributed by atoms with E-state index in [1.807, 2.05) is 18.9 Å². The first-order valence-electron chi connectivity index (χ1n) is 7.91. The van der Waals surface area contributed by atoms with Crippen molar-refractivity contribution in [3.8, 4) is 0 Å². The van der Waals surface area contributed by atoms with Crippen LogP contribution in [0.25, 0.3) is 0 Å². The standard InChI is InChI=1S/C15H27N5O/c1-4-8-12-13(16)14(19(3)18-12)17-11(2)15(21)20-9-6-5-7-10-20/h11,17H,4-10,16H2,1-3H3. The van der Waals surface area contributed by atoms with Crippen molar-refractivity contribution in [2.75, 3.05) is 24.1 Å². The molecule has 1 aromatic rings. The molecule has 2 rings (SSSR count). The number of nitrogens with two attached hydrogens (primary N) is 1. The van der Waals surface area contributed by atoms with Gasteiger partial charge in [0.25, 0.3) is 0 Å². The lowest BCUT2D eigenvalue weighted by Crippen LogP contribution is -2.44. The number of piperidine rings is 1. The lowest BCUT2D eigenvalue weighted by Gasteiger charge is -2.29. The van der Waals surface area contributed by atoms with Crippen molar-refractivity contribution < 1.29 is 4.79 Å². The fourth-order valence-electron chi connectivity index (χ4n) is 2.84. The zero-order chi connectivity index (χ0) is 15.4. The second-order valence-electron chi connectivity index (χ2n) is 5.83. The van der Waals surface area contributed by atoms with Gasteiger partial charge in [-0.3, -0.25) is 9.48 Å². The molecule has 0 bridgehead atoms. The lowest BCUT2D eigenvalue weighted by atomic mass is 10.1. The quantitative estimate of drug-likeness (QED) is 0.867. The SMILES string of the molecule is CCCc1nn(C)c(NC(C)C(=O)N2CCCCC2)c1N. The van der Waals surface area contributed by atoms with Crippen molar-refractivity contribution in [1.82, 2.24) is 14.7 Å². The zero-order valence-electron chi connectivity index (χ0n) is 13.4. The van der Waals surface area contributed by atoms with Crippen LogP contribution in [-0.2, 0) is 18.3 Å². The van der Waals surface area contributed by atoms with Crippen LogP contribution in [0.5, 0.6) is 0 Å². The Morgan fingerprint density at radius 2 is 2.05 bits per heavy atom. The molecule has 0 saturated carbocycles. The maximum atomic E-state index is 12.5. The molecule has 1 atom stereocenters. The normalized spacial score (nSPS) is 16.8. The summed E-state index contributed by atoms with van der Waals surface area (Å²) in [5.74, 6) is 0.892. The smallest absolute Gasteiger partial charge is 0.244 e. The number of rotatable bonds is 5. The Hall–Kier alpha value is -1.72. The highest BCUT2D eigenvalue weighted by Gasteiger charge is 2.24. The highest BCUT2D eigenvalue weighted by atomic mass is 16.2. The number of likely N-dealkylation sites (tertiary alicyclic amines) is 1. The van der Waals surface area contributed by atoms with Gasteiger partial charge in [-0.05, 0) is 32.6 Å². The number of nitrogens with zero attached hydrogens (tertiary/aromatic N) is 3. The minimum atomic E-state index is -0.282. The van der Waals surface area contributed by atoms with Crippen LogP contribution in [0.3, 0.4) is 0 Å². The summed E-state index contributed by atoms with van der Waals surface area (Å²) in [5, 5.41) is 7.67. The molecule has 0 radical (unpaired) electrons. The van der Waals surface area contributed by atoms with Gasteiger partial charge in [-0.15, -0.1) is 0 Å². The first-order chi connectivity index (χ1) is 10.0. The molecule has 1 saturated heterocycles. The van der Waals surface area contributed by atoms with Crippen molar-refractivity contribution in [2.24, 2.45) is 7.05 Å². The molecule has 21 heavy (non-hydrogen) atoms. The minimum absolute atomic E-state index is 0.146. The number of hydrogen-bond donors (Lipinski definition) is 2.